The van der Waals surface area contributed by atoms with Gasteiger partial charge in [0, 0.05) is 18.7 Å². The number of methoxy groups -OCH3 is 1. The lowest BCUT2D eigenvalue weighted by Gasteiger charge is -2.38. The molecule has 1 N–H and O–H groups in total. The maximum absolute atomic E-state index is 12.8. The zero-order valence-corrected chi connectivity index (χ0v) is 16.0. The van der Waals surface area contributed by atoms with E-state index in [1.807, 2.05) is 12.1 Å². The summed E-state index contributed by atoms with van der Waals surface area (Å²) in [5, 5.41) is 2.74. The maximum Gasteiger partial charge on any atom is 0.337 e. The molecule has 0 bridgehead atoms. The van der Waals surface area contributed by atoms with Crippen molar-refractivity contribution < 1.29 is 23.9 Å². The Labute approximate surface area is 163 Å². The van der Waals surface area contributed by atoms with Crippen LogP contribution in [0, 0.1) is 0 Å². The van der Waals surface area contributed by atoms with E-state index < -0.39 is 11.6 Å². The monoisotopic (exact) mass is 382 g/mol. The van der Waals surface area contributed by atoms with Crippen LogP contribution in [0.5, 0.6) is 5.75 Å². The molecule has 146 valence electrons. The predicted octanol–water partition coefficient (Wildman–Crippen LogP) is 3.01. The summed E-state index contributed by atoms with van der Waals surface area (Å²) >= 11 is 0. The van der Waals surface area contributed by atoms with Gasteiger partial charge in [0.1, 0.15) is 5.75 Å². The van der Waals surface area contributed by atoms with E-state index >= 15 is 0 Å². The minimum Gasteiger partial charge on any atom is -0.476 e. The third-order valence-corrected chi connectivity index (χ3v) is 4.41. The van der Waals surface area contributed by atoms with Crippen LogP contribution in [0.4, 0.5) is 11.4 Å². The first-order chi connectivity index (χ1) is 13.3. The molecule has 1 aliphatic heterocycles. The number of anilines is 2. The lowest BCUT2D eigenvalue weighted by molar-refractivity contribution is -0.132. The van der Waals surface area contributed by atoms with Gasteiger partial charge in [-0.1, -0.05) is 18.2 Å². The minimum absolute atomic E-state index is 0.0958. The first-order valence-corrected chi connectivity index (χ1v) is 8.90. The first kappa shape index (κ1) is 19.4. The predicted molar refractivity (Wildman–Crippen MR) is 105 cm³/mol. The maximum atomic E-state index is 12.8. The van der Waals surface area contributed by atoms with Crippen molar-refractivity contribution in [1.82, 2.24) is 0 Å². The van der Waals surface area contributed by atoms with Gasteiger partial charge < -0.3 is 19.7 Å². The normalized spacial score (nSPS) is 14.7. The molecular weight excluding hydrogens is 360 g/mol. The fraction of sp³-hybridized carbons (Fsp3) is 0.286. The number of carbonyl (C=O) groups excluding carboxylic acids is 3. The molecule has 0 fully saturated rings. The number of esters is 1. The van der Waals surface area contributed by atoms with Gasteiger partial charge in [0.2, 0.25) is 5.91 Å². The van der Waals surface area contributed by atoms with E-state index in [0.29, 0.717) is 22.7 Å². The van der Waals surface area contributed by atoms with Crippen LogP contribution in [-0.4, -0.2) is 37.0 Å². The molecule has 0 saturated heterocycles. The van der Waals surface area contributed by atoms with Crippen molar-refractivity contribution >= 4 is 29.2 Å². The fourth-order valence-electron chi connectivity index (χ4n) is 3.02. The number of benzene rings is 2. The van der Waals surface area contributed by atoms with Crippen LogP contribution in [0.3, 0.4) is 0 Å². The largest absolute Gasteiger partial charge is 0.476 e. The summed E-state index contributed by atoms with van der Waals surface area (Å²) in [6, 6.07) is 13.7. The van der Waals surface area contributed by atoms with Crippen molar-refractivity contribution in [3.63, 3.8) is 0 Å². The highest BCUT2D eigenvalue weighted by Gasteiger charge is 2.40. The number of hydrogen-bond acceptors (Lipinski definition) is 5. The molecule has 28 heavy (non-hydrogen) atoms. The quantitative estimate of drug-likeness (QED) is 0.804. The molecule has 0 spiro atoms. The van der Waals surface area contributed by atoms with Gasteiger partial charge in [-0.25, -0.2) is 4.79 Å². The van der Waals surface area contributed by atoms with Gasteiger partial charge in [0.15, 0.2) is 5.60 Å². The molecule has 0 atom stereocenters. The van der Waals surface area contributed by atoms with Gasteiger partial charge in [-0.3, -0.25) is 9.59 Å². The minimum atomic E-state index is -1.00. The zero-order valence-electron chi connectivity index (χ0n) is 16.0. The molecule has 2 aromatic rings. The standard InChI is InChI=1S/C21H22N2O5/c1-21(2)20(26)23(16-9-4-5-10-17(16)28-21)12-11-18(24)22-15-8-6-7-14(13-15)19(25)27-3/h4-10,13H,11-12H2,1-3H3,(H,22,24). The first-order valence-electron chi connectivity index (χ1n) is 8.90. The van der Waals surface area contributed by atoms with Crippen LogP contribution in [0.25, 0.3) is 0 Å². The zero-order chi connectivity index (χ0) is 20.3. The number of nitrogens with zero attached hydrogens (tertiary/aromatic N) is 1. The molecule has 7 nitrogen and oxygen atoms in total. The van der Waals surface area contributed by atoms with E-state index in [4.69, 9.17) is 4.74 Å². The van der Waals surface area contributed by atoms with Crippen LogP contribution < -0.4 is 15.0 Å². The molecular formula is C21H22N2O5. The molecule has 2 aromatic carbocycles. The summed E-state index contributed by atoms with van der Waals surface area (Å²) in [6.45, 7) is 3.62. The van der Waals surface area contributed by atoms with Crippen LogP contribution in [0.2, 0.25) is 0 Å². The number of nitrogens with one attached hydrogen (secondary N) is 1. The molecule has 0 saturated carbocycles. The number of amides is 2. The van der Waals surface area contributed by atoms with Crippen molar-refractivity contribution in [3.05, 3.63) is 54.1 Å². The topological polar surface area (TPSA) is 84.9 Å². The Balaban J connectivity index is 1.69. The second-order valence-corrected chi connectivity index (χ2v) is 6.91. The summed E-state index contributed by atoms with van der Waals surface area (Å²) < 4.78 is 10.5. The van der Waals surface area contributed by atoms with Crippen LogP contribution in [0.15, 0.2) is 48.5 Å². The third kappa shape index (κ3) is 3.98. The van der Waals surface area contributed by atoms with Crippen molar-refractivity contribution in [2.75, 3.05) is 23.9 Å². The van der Waals surface area contributed by atoms with Gasteiger partial charge in [0.05, 0.1) is 18.4 Å². The smallest absolute Gasteiger partial charge is 0.337 e. The SMILES string of the molecule is COC(=O)c1cccc(NC(=O)CCN2C(=O)C(C)(C)Oc3ccccc32)c1. The van der Waals surface area contributed by atoms with E-state index in [1.165, 1.54) is 7.11 Å². The third-order valence-electron chi connectivity index (χ3n) is 4.41. The molecule has 1 heterocycles. The van der Waals surface area contributed by atoms with Crippen molar-refractivity contribution in [2.24, 2.45) is 0 Å². The Kier molecular flexibility index (Phi) is 5.35. The number of hydrogen-bond donors (Lipinski definition) is 1. The van der Waals surface area contributed by atoms with Gasteiger partial charge in [-0.05, 0) is 44.2 Å². The molecule has 7 heteroatoms. The molecule has 3 rings (SSSR count). The summed E-state index contributed by atoms with van der Waals surface area (Å²) in [4.78, 5) is 38.3. The number of para-hydroxylation sites is 2. The average Bonchev–Trinajstić information content (AvgIpc) is 2.67. The molecule has 0 aromatic heterocycles. The summed E-state index contributed by atoms with van der Waals surface area (Å²) in [5.74, 6) is -0.338. The molecule has 0 aliphatic carbocycles. The van der Waals surface area contributed by atoms with Gasteiger partial charge >= 0.3 is 5.97 Å². The van der Waals surface area contributed by atoms with E-state index in [-0.39, 0.29) is 24.8 Å². The number of rotatable bonds is 5. The van der Waals surface area contributed by atoms with Gasteiger partial charge in [-0.2, -0.15) is 0 Å². The van der Waals surface area contributed by atoms with E-state index in [2.05, 4.69) is 10.1 Å². The highest BCUT2D eigenvalue weighted by molar-refractivity contribution is 6.03. The van der Waals surface area contributed by atoms with Gasteiger partial charge in [-0.15, -0.1) is 0 Å². The lowest BCUT2D eigenvalue weighted by Crippen LogP contribution is -2.53. The highest BCUT2D eigenvalue weighted by atomic mass is 16.5. The number of ether oxygens (including phenoxy) is 2. The van der Waals surface area contributed by atoms with Crippen LogP contribution in [-0.2, 0) is 14.3 Å². The molecule has 2 amide bonds. The van der Waals surface area contributed by atoms with E-state index in [9.17, 15) is 14.4 Å². The van der Waals surface area contributed by atoms with Crippen LogP contribution >= 0.6 is 0 Å². The van der Waals surface area contributed by atoms with E-state index in [0.717, 1.165) is 0 Å². The summed E-state index contributed by atoms with van der Waals surface area (Å²) in [5.41, 5.74) is 0.480. The Hall–Kier alpha value is -3.35. The van der Waals surface area contributed by atoms with Crippen molar-refractivity contribution in [3.8, 4) is 5.75 Å². The van der Waals surface area contributed by atoms with Crippen molar-refractivity contribution in [1.29, 1.82) is 0 Å². The average molecular weight is 382 g/mol. The fourth-order valence-corrected chi connectivity index (χ4v) is 3.02. The molecule has 1 aliphatic rings. The Bertz CT molecular complexity index is 923. The molecule has 0 radical (unpaired) electrons. The lowest BCUT2D eigenvalue weighted by atomic mass is 10.0. The summed E-state index contributed by atoms with van der Waals surface area (Å²) in [6.07, 6.45) is 0.0958. The highest BCUT2D eigenvalue weighted by Crippen LogP contribution is 2.37. The second kappa shape index (κ2) is 7.72. The second-order valence-electron chi connectivity index (χ2n) is 6.91. The summed E-state index contributed by atoms with van der Waals surface area (Å²) in [7, 11) is 1.30. The Morgan fingerprint density at radius 3 is 2.64 bits per heavy atom. The number of fused-ring (bicyclic) bond motifs is 1. The van der Waals surface area contributed by atoms with Gasteiger partial charge in [0.25, 0.3) is 5.91 Å². The van der Waals surface area contributed by atoms with Crippen LogP contribution in [0.1, 0.15) is 30.6 Å². The number of carbonyl (C=O) groups is 3. The van der Waals surface area contributed by atoms with E-state index in [1.54, 1.807) is 55.1 Å². The Morgan fingerprint density at radius 1 is 1.14 bits per heavy atom. The molecule has 0 unspecified atom stereocenters. The Morgan fingerprint density at radius 2 is 1.89 bits per heavy atom. The van der Waals surface area contributed by atoms with Crippen molar-refractivity contribution in [2.45, 2.75) is 25.9 Å².